The van der Waals surface area contributed by atoms with Crippen molar-refractivity contribution < 1.29 is 19.1 Å². The van der Waals surface area contributed by atoms with Crippen LogP contribution in [-0.2, 0) is 27.4 Å². The lowest BCUT2D eigenvalue weighted by atomic mass is 9.62. The smallest absolute Gasteiger partial charge is 0.255 e. The zero-order chi connectivity index (χ0) is 20.9. The van der Waals surface area contributed by atoms with E-state index in [1.54, 1.807) is 12.0 Å². The van der Waals surface area contributed by atoms with E-state index >= 15 is 0 Å². The molecule has 6 rings (SSSR count). The lowest BCUT2D eigenvalue weighted by Gasteiger charge is -2.46. The van der Waals surface area contributed by atoms with Gasteiger partial charge in [-0.05, 0) is 36.5 Å². The summed E-state index contributed by atoms with van der Waals surface area (Å²) in [5.41, 5.74) is 3.20. The van der Waals surface area contributed by atoms with Gasteiger partial charge in [-0.1, -0.05) is 12.1 Å². The van der Waals surface area contributed by atoms with E-state index in [2.05, 4.69) is 16.0 Å². The quantitative estimate of drug-likeness (QED) is 0.558. The normalized spacial score (nSPS) is 32.2. The molecule has 5 aliphatic rings. The van der Waals surface area contributed by atoms with Crippen LogP contribution in [0.2, 0.25) is 0 Å². The van der Waals surface area contributed by atoms with Crippen molar-refractivity contribution in [2.75, 3.05) is 26.8 Å². The van der Waals surface area contributed by atoms with Gasteiger partial charge in [0.05, 0.1) is 6.61 Å². The highest BCUT2D eigenvalue weighted by Gasteiger charge is 2.60. The summed E-state index contributed by atoms with van der Waals surface area (Å²) >= 11 is 0. The van der Waals surface area contributed by atoms with E-state index in [9.17, 15) is 14.4 Å². The molecule has 3 N–H and O–H groups in total. The Morgan fingerprint density at radius 2 is 2.10 bits per heavy atom. The summed E-state index contributed by atoms with van der Waals surface area (Å²) in [6.07, 6.45) is 2.92. The maximum absolute atomic E-state index is 12.9. The second-order valence-corrected chi connectivity index (χ2v) is 9.37. The summed E-state index contributed by atoms with van der Waals surface area (Å²) in [7, 11) is 1.76. The topological polar surface area (TPSA) is 99.8 Å². The summed E-state index contributed by atoms with van der Waals surface area (Å²) in [6.45, 7) is 3.80. The Balaban J connectivity index is 1.23. The molecule has 160 valence electrons. The molecule has 1 unspecified atom stereocenters. The predicted molar refractivity (Wildman–Crippen MR) is 108 cm³/mol. The largest absolute Gasteiger partial charge is 0.384 e. The molecule has 8 nitrogen and oxygen atoms in total. The van der Waals surface area contributed by atoms with Crippen LogP contribution in [0.5, 0.6) is 0 Å². The molecule has 1 aromatic carbocycles. The van der Waals surface area contributed by atoms with Crippen molar-refractivity contribution in [2.45, 2.75) is 50.4 Å². The summed E-state index contributed by atoms with van der Waals surface area (Å²) in [6, 6.07) is 5.20. The van der Waals surface area contributed by atoms with Gasteiger partial charge in [0.25, 0.3) is 5.91 Å². The molecule has 3 saturated heterocycles. The van der Waals surface area contributed by atoms with Crippen molar-refractivity contribution >= 4 is 17.7 Å². The summed E-state index contributed by atoms with van der Waals surface area (Å²) in [5.74, 6) is -0.764. The first kappa shape index (κ1) is 19.7. The van der Waals surface area contributed by atoms with Crippen molar-refractivity contribution in [1.29, 1.82) is 0 Å². The predicted octanol–water partition coefficient (Wildman–Crippen LogP) is 0.306. The molecule has 3 amide bonds. The fourth-order valence-electron chi connectivity index (χ4n) is 5.91. The lowest BCUT2D eigenvalue weighted by Crippen LogP contribution is -2.55. The number of amides is 3. The summed E-state index contributed by atoms with van der Waals surface area (Å²) in [4.78, 5) is 38.2. The lowest BCUT2D eigenvalue weighted by molar-refractivity contribution is -0.136. The van der Waals surface area contributed by atoms with Gasteiger partial charge in [0.2, 0.25) is 11.8 Å². The molecular formula is C22H28N4O4. The molecule has 0 spiro atoms. The molecule has 0 aromatic heterocycles. The van der Waals surface area contributed by atoms with Crippen molar-refractivity contribution in [3.05, 3.63) is 34.9 Å². The minimum atomic E-state index is -0.575. The Hall–Kier alpha value is -2.29. The molecule has 2 bridgehead atoms. The standard InChI is InChI=1S/C22H28N4O4/c1-30-13-21-9-22(10-21,24-11-21)12-23-7-14-3-2-4-15-16(14)8-26(20(15)29)17-5-6-18(27)25-19(17)28/h2-4,17,23-24H,5-13H2,1H3,(H,25,27,28). The average molecular weight is 412 g/mol. The first-order valence-corrected chi connectivity index (χ1v) is 10.6. The molecular weight excluding hydrogens is 384 g/mol. The SMILES string of the molecule is COCC12CNC(CNCc3cccc4c3CN(C3CCC(=O)NC3=O)C4=O)(C1)C2. The number of piperidine rings is 1. The van der Waals surface area contributed by atoms with Crippen LogP contribution in [0.3, 0.4) is 0 Å². The Morgan fingerprint density at radius 3 is 2.87 bits per heavy atom. The van der Waals surface area contributed by atoms with Crippen LogP contribution in [0, 0.1) is 5.41 Å². The molecule has 4 heterocycles. The first-order valence-electron chi connectivity index (χ1n) is 10.6. The van der Waals surface area contributed by atoms with Crippen LogP contribution >= 0.6 is 0 Å². The number of ether oxygens (including phenoxy) is 1. The number of nitrogens with one attached hydrogen (secondary N) is 3. The number of nitrogens with zero attached hydrogens (tertiary/aromatic N) is 1. The number of hydrogen-bond acceptors (Lipinski definition) is 6. The Labute approximate surface area is 175 Å². The van der Waals surface area contributed by atoms with E-state index < -0.39 is 6.04 Å². The van der Waals surface area contributed by atoms with Gasteiger partial charge in [-0.2, -0.15) is 0 Å². The van der Waals surface area contributed by atoms with Gasteiger partial charge in [0.1, 0.15) is 6.04 Å². The van der Waals surface area contributed by atoms with Crippen LogP contribution in [0.15, 0.2) is 18.2 Å². The van der Waals surface area contributed by atoms with Gasteiger partial charge in [-0.15, -0.1) is 0 Å². The maximum atomic E-state index is 12.9. The third-order valence-corrected chi connectivity index (χ3v) is 7.17. The van der Waals surface area contributed by atoms with Gasteiger partial charge in [-0.25, -0.2) is 0 Å². The number of rotatable bonds is 7. The second kappa shape index (κ2) is 7.14. The van der Waals surface area contributed by atoms with Crippen LogP contribution in [0.25, 0.3) is 0 Å². The number of carbonyl (C=O) groups is 3. The molecule has 1 aliphatic carbocycles. The third kappa shape index (κ3) is 3.14. The van der Waals surface area contributed by atoms with Gasteiger partial charge < -0.3 is 20.3 Å². The molecule has 8 heteroatoms. The molecule has 4 fully saturated rings. The van der Waals surface area contributed by atoms with Gasteiger partial charge in [0, 0.05) is 56.2 Å². The van der Waals surface area contributed by atoms with Crippen LogP contribution in [0.1, 0.15) is 47.2 Å². The third-order valence-electron chi connectivity index (χ3n) is 7.17. The summed E-state index contributed by atoms with van der Waals surface area (Å²) < 4.78 is 5.38. The zero-order valence-corrected chi connectivity index (χ0v) is 17.3. The maximum Gasteiger partial charge on any atom is 0.255 e. The van der Waals surface area contributed by atoms with Gasteiger partial charge in [0.15, 0.2) is 0 Å². The van der Waals surface area contributed by atoms with Crippen molar-refractivity contribution in [3.63, 3.8) is 0 Å². The van der Waals surface area contributed by atoms with E-state index in [1.807, 2.05) is 18.2 Å². The Kier molecular flexibility index (Phi) is 4.68. The van der Waals surface area contributed by atoms with E-state index in [1.165, 1.54) is 0 Å². The average Bonchev–Trinajstić information content (AvgIpc) is 3.33. The number of methoxy groups -OCH3 is 1. The number of benzene rings is 1. The van der Waals surface area contributed by atoms with E-state index in [0.29, 0.717) is 30.5 Å². The monoisotopic (exact) mass is 412 g/mol. The first-order chi connectivity index (χ1) is 14.4. The highest BCUT2D eigenvalue weighted by atomic mass is 16.5. The number of fused-ring (bicyclic) bond motifs is 2. The van der Waals surface area contributed by atoms with Crippen LogP contribution in [-0.4, -0.2) is 61.0 Å². The van der Waals surface area contributed by atoms with E-state index in [-0.39, 0.29) is 29.7 Å². The molecule has 0 radical (unpaired) electrons. The van der Waals surface area contributed by atoms with Gasteiger partial charge in [-0.3, -0.25) is 19.7 Å². The molecule has 1 saturated carbocycles. The van der Waals surface area contributed by atoms with Crippen molar-refractivity contribution in [2.24, 2.45) is 5.41 Å². The van der Waals surface area contributed by atoms with E-state index in [4.69, 9.17) is 4.74 Å². The zero-order valence-electron chi connectivity index (χ0n) is 17.3. The Morgan fingerprint density at radius 1 is 1.27 bits per heavy atom. The minimum Gasteiger partial charge on any atom is -0.384 e. The fraction of sp³-hybridized carbons (Fsp3) is 0.591. The molecule has 4 aliphatic heterocycles. The molecule has 1 atom stereocenters. The molecule has 1 aromatic rings. The van der Waals surface area contributed by atoms with Crippen LogP contribution < -0.4 is 16.0 Å². The highest BCUT2D eigenvalue weighted by Crippen LogP contribution is 2.53. The van der Waals surface area contributed by atoms with E-state index in [0.717, 1.165) is 43.7 Å². The summed E-state index contributed by atoms with van der Waals surface area (Å²) in [5, 5.41) is 9.59. The number of hydrogen-bond donors (Lipinski definition) is 3. The highest BCUT2D eigenvalue weighted by molar-refractivity contribution is 6.05. The Bertz CT molecular complexity index is 908. The minimum absolute atomic E-state index is 0.124. The second-order valence-electron chi connectivity index (χ2n) is 9.37. The number of imide groups is 1. The number of carbonyl (C=O) groups excluding carboxylic acids is 3. The fourth-order valence-corrected chi connectivity index (χ4v) is 5.91. The van der Waals surface area contributed by atoms with Gasteiger partial charge >= 0.3 is 0 Å². The van der Waals surface area contributed by atoms with Crippen molar-refractivity contribution in [1.82, 2.24) is 20.9 Å². The van der Waals surface area contributed by atoms with Crippen molar-refractivity contribution in [3.8, 4) is 0 Å². The van der Waals surface area contributed by atoms with Crippen LogP contribution in [0.4, 0.5) is 0 Å². The molecule has 30 heavy (non-hydrogen) atoms.